The Morgan fingerprint density at radius 3 is 2.58 bits per heavy atom. The number of benzene rings is 3. The SMILES string of the molecule is O=C(Cc1c(F)cccc1Cl)Nc1cc(C(=O)Nc2ccc3c(c2)OCCO3)ccc1N1C[C@H]2C[C@@H](C1)c1cccc(=O)n1C2. The van der Waals surface area contributed by atoms with Crippen LogP contribution in [-0.4, -0.2) is 42.7 Å². The highest BCUT2D eigenvalue weighted by Crippen LogP contribution is 2.40. The zero-order chi connectivity index (χ0) is 31.1. The lowest BCUT2D eigenvalue weighted by Crippen LogP contribution is -2.47. The predicted molar refractivity (Wildman–Crippen MR) is 169 cm³/mol. The fourth-order valence-electron chi connectivity index (χ4n) is 6.53. The van der Waals surface area contributed by atoms with E-state index in [1.165, 1.54) is 18.2 Å². The number of ether oxygens (including phenoxy) is 2. The third kappa shape index (κ3) is 5.85. The number of aromatic nitrogens is 1. The Morgan fingerprint density at radius 1 is 0.911 bits per heavy atom. The van der Waals surface area contributed by atoms with Crippen molar-refractivity contribution in [2.45, 2.75) is 25.3 Å². The summed E-state index contributed by atoms with van der Waals surface area (Å²) in [6.45, 7) is 2.80. The Labute approximate surface area is 263 Å². The zero-order valence-electron chi connectivity index (χ0n) is 24.2. The number of fused-ring (bicyclic) bond motifs is 5. The summed E-state index contributed by atoms with van der Waals surface area (Å²) < 4.78 is 27.6. The quantitative estimate of drug-likeness (QED) is 0.294. The fraction of sp³-hybridized carbons (Fsp3) is 0.265. The van der Waals surface area contributed by atoms with Gasteiger partial charge in [0.2, 0.25) is 5.91 Å². The highest BCUT2D eigenvalue weighted by molar-refractivity contribution is 6.31. The monoisotopic (exact) mass is 628 g/mol. The van der Waals surface area contributed by atoms with Crippen molar-refractivity contribution in [1.29, 1.82) is 0 Å². The van der Waals surface area contributed by atoms with Crippen LogP contribution in [0.3, 0.4) is 0 Å². The first-order valence-corrected chi connectivity index (χ1v) is 15.2. The smallest absolute Gasteiger partial charge is 0.255 e. The molecule has 1 saturated heterocycles. The molecule has 11 heteroatoms. The van der Waals surface area contributed by atoms with Crippen molar-refractivity contribution in [3.05, 3.63) is 111 Å². The number of nitrogens with zero attached hydrogens (tertiary/aromatic N) is 2. The van der Waals surface area contributed by atoms with Crippen LogP contribution in [0.25, 0.3) is 0 Å². The van der Waals surface area contributed by atoms with Gasteiger partial charge in [0.05, 0.1) is 17.8 Å². The van der Waals surface area contributed by atoms with Gasteiger partial charge in [-0.25, -0.2) is 4.39 Å². The van der Waals surface area contributed by atoms with Gasteiger partial charge in [-0.15, -0.1) is 0 Å². The number of rotatable bonds is 6. The van der Waals surface area contributed by atoms with Crippen LogP contribution in [0.2, 0.25) is 5.02 Å². The molecule has 9 nitrogen and oxygen atoms in total. The maximum Gasteiger partial charge on any atom is 0.255 e. The molecule has 2 atom stereocenters. The number of hydrogen-bond donors (Lipinski definition) is 2. The van der Waals surface area contributed by atoms with Crippen LogP contribution in [0.4, 0.5) is 21.5 Å². The van der Waals surface area contributed by atoms with Crippen molar-refractivity contribution in [2.75, 3.05) is 41.8 Å². The van der Waals surface area contributed by atoms with E-state index in [-0.39, 0.29) is 40.3 Å². The molecular weight excluding hydrogens is 599 g/mol. The lowest BCUT2D eigenvalue weighted by atomic mass is 9.83. The summed E-state index contributed by atoms with van der Waals surface area (Å²) in [6, 6.07) is 20.0. The first kappa shape index (κ1) is 28.9. The number of nitrogens with one attached hydrogen (secondary N) is 2. The molecule has 0 saturated carbocycles. The van der Waals surface area contributed by atoms with Crippen LogP contribution in [0.1, 0.15) is 34.0 Å². The molecule has 4 aromatic rings. The van der Waals surface area contributed by atoms with Gasteiger partial charge in [-0.1, -0.05) is 23.7 Å². The third-order valence-corrected chi connectivity index (χ3v) is 8.91. The summed E-state index contributed by atoms with van der Waals surface area (Å²) in [4.78, 5) is 41.4. The maximum atomic E-state index is 14.5. The molecule has 0 spiro atoms. The minimum absolute atomic E-state index is 0.00351. The molecule has 2 bridgehead atoms. The molecule has 1 aromatic heterocycles. The summed E-state index contributed by atoms with van der Waals surface area (Å²) >= 11 is 6.20. The largest absolute Gasteiger partial charge is 0.486 e. The molecule has 45 heavy (non-hydrogen) atoms. The second kappa shape index (κ2) is 11.9. The minimum Gasteiger partial charge on any atom is -0.486 e. The van der Waals surface area contributed by atoms with Gasteiger partial charge in [-0.05, 0) is 60.9 Å². The number of piperidine rings is 1. The summed E-state index contributed by atoms with van der Waals surface area (Å²) in [5, 5.41) is 5.98. The molecule has 3 aliphatic heterocycles. The van der Waals surface area contributed by atoms with Gasteiger partial charge in [-0.3, -0.25) is 14.4 Å². The average molecular weight is 629 g/mol. The van der Waals surface area contributed by atoms with Crippen molar-refractivity contribution in [2.24, 2.45) is 5.92 Å². The molecule has 1 fully saturated rings. The second-order valence-corrected chi connectivity index (χ2v) is 12.0. The van der Waals surface area contributed by atoms with Crippen LogP contribution >= 0.6 is 11.6 Å². The Morgan fingerprint density at radius 2 is 1.73 bits per heavy atom. The molecule has 4 heterocycles. The van der Waals surface area contributed by atoms with E-state index in [1.807, 2.05) is 16.7 Å². The number of carbonyl (C=O) groups excluding carboxylic acids is 2. The molecule has 2 amide bonds. The Bertz CT molecular complexity index is 1860. The van der Waals surface area contributed by atoms with E-state index < -0.39 is 11.7 Å². The standard InChI is InChI=1S/C34H30ClFN4O5/c35-25-3-1-4-26(36)24(25)16-32(41)38-27-14-21(34(43)37-23-8-10-30-31(15-23)45-12-11-44-30)7-9-29(27)39-17-20-13-22(19-39)28-5-2-6-33(42)40(28)18-20/h1-10,14-15,20,22H,11-13,16-19H2,(H,37,43)(H,38,41)/t20-,22+/m1/s1. The van der Waals surface area contributed by atoms with Crippen LogP contribution in [0, 0.1) is 11.7 Å². The van der Waals surface area contributed by atoms with Crippen LogP contribution in [0.15, 0.2) is 77.6 Å². The molecule has 0 radical (unpaired) electrons. The number of anilines is 3. The van der Waals surface area contributed by atoms with E-state index in [2.05, 4.69) is 15.5 Å². The van der Waals surface area contributed by atoms with E-state index in [4.69, 9.17) is 21.1 Å². The van der Waals surface area contributed by atoms with Crippen molar-refractivity contribution in [1.82, 2.24) is 4.57 Å². The van der Waals surface area contributed by atoms with E-state index in [1.54, 1.807) is 42.5 Å². The van der Waals surface area contributed by atoms with Gasteiger partial charge < -0.3 is 29.6 Å². The first-order valence-electron chi connectivity index (χ1n) is 14.8. The molecule has 3 aromatic carbocycles. The van der Waals surface area contributed by atoms with Crippen LogP contribution < -0.4 is 30.6 Å². The molecule has 0 aliphatic carbocycles. The van der Waals surface area contributed by atoms with E-state index in [9.17, 15) is 18.8 Å². The van der Waals surface area contributed by atoms with Gasteiger partial charge in [0.15, 0.2) is 11.5 Å². The van der Waals surface area contributed by atoms with Crippen LogP contribution in [0.5, 0.6) is 11.5 Å². The molecule has 3 aliphatic rings. The molecular formula is C34H30ClFN4O5. The number of pyridine rings is 1. The fourth-order valence-corrected chi connectivity index (χ4v) is 6.76. The Kier molecular flexibility index (Phi) is 7.66. The number of amides is 2. The van der Waals surface area contributed by atoms with E-state index in [0.29, 0.717) is 61.3 Å². The zero-order valence-corrected chi connectivity index (χ0v) is 25.0. The van der Waals surface area contributed by atoms with Gasteiger partial charge in [0, 0.05) is 65.2 Å². The molecule has 0 unspecified atom stereocenters. The normalized spacial score (nSPS) is 18.1. The first-order chi connectivity index (χ1) is 21.8. The second-order valence-electron chi connectivity index (χ2n) is 11.6. The predicted octanol–water partition coefficient (Wildman–Crippen LogP) is 5.47. The van der Waals surface area contributed by atoms with E-state index >= 15 is 0 Å². The third-order valence-electron chi connectivity index (χ3n) is 8.55. The summed E-state index contributed by atoms with van der Waals surface area (Å²) in [5.41, 5.74) is 3.11. The average Bonchev–Trinajstić information content (AvgIpc) is 3.03. The Balaban J connectivity index is 1.18. The van der Waals surface area contributed by atoms with Gasteiger partial charge in [0.25, 0.3) is 11.5 Å². The number of hydrogen-bond acceptors (Lipinski definition) is 6. The summed E-state index contributed by atoms with van der Waals surface area (Å²) in [7, 11) is 0. The lowest BCUT2D eigenvalue weighted by Gasteiger charge is -2.44. The van der Waals surface area contributed by atoms with Crippen molar-refractivity contribution in [3.63, 3.8) is 0 Å². The van der Waals surface area contributed by atoms with Gasteiger partial charge in [-0.2, -0.15) is 0 Å². The highest BCUT2D eigenvalue weighted by atomic mass is 35.5. The minimum atomic E-state index is -0.566. The lowest BCUT2D eigenvalue weighted by molar-refractivity contribution is -0.115. The highest BCUT2D eigenvalue weighted by Gasteiger charge is 2.35. The van der Waals surface area contributed by atoms with Crippen molar-refractivity contribution >= 4 is 40.5 Å². The van der Waals surface area contributed by atoms with Gasteiger partial charge in [0.1, 0.15) is 19.0 Å². The van der Waals surface area contributed by atoms with Crippen molar-refractivity contribution in [3.8, 4) is 11.5 Å². The number of carbonyl (C=O) groups is 2. The maximum absolute atomic E-state index is 14.5. The molecule has 230 valence electrons. The Hall–Kier alpha value is -4.83. The van der Waals surface area contributed by atoms with Gasteiger partial charge >= 0.3 is 0 Å². The number of halogens is 2. The molecule has 7 rings (SSSR count). The van der Waals surface area contributed by atoms with E-state index in [0.717, 1.165) is 17.8 Å². The topological polar surface area (TPSA) is 102 Å². The molecule has 2 N–H and O–H groups in total. The summed E-state index contributed by atoms with van der Waals surface area (Å²) in [5.74, 6) is 0.108. The van der Waals surface area contributed by atoms with Crippen LogP contribution in [-0.2, 0) is 17.8 Å². The summed E-state index contributed by atoms with van der Waals surface area (Å²) in [6.07, 6.45) is 0.684. The van der Waals surface area contributed by atoms with Crippen molar-refractivity contribution < 1.29 is 23.5 Å².